The van der Waals surface area contributed by atoms with E-state index in [0.29, 0.717) is 24.5 Å². The van der Waals surface area contributed by atoms with Crippen molar-refractivity contribution in [3.05, 3.63) is 52.6 Å². The molecule has 2 aromatic heterocycles. The fourth-order valence-electron chi connectivity index (χ4n) is 2.26. The van der Waals surface area contributed by atoms with Crippen LogP contribution in [0.25, 0.3) is 0 Å². The number of carbonyl (C=O) groups excluding carboxylic acids is 1. The molecule has 0 aliphatic carbocycles. The van der Waals surface area contributed by atoms with E-state index in [-0.39, 0.29) is 17.6 Å². The average Bonchev–Trinajstić information content (AvgIpc) is 2.97. The summed E-state index contributed by atoms with van der Waals surface area (Å²) in [5.74, 6) is 0.345. The molecular weight excluding hydrogens is 272 g/mol. The van der Waals surface area contributed by atoms with Gasteiger partial charge in [0.15, 0.2) is 0 Å². The number of H-pyrrole nitrogens is 1. The van der Waals surface area contributed by atoms with Crippen molar-refractivity contribution in [2.24, 2.45) is 0 Å². The van der Waals surface area contributed by atoms with Crippen LogP contribution in [-0.2, 0) is 0 Å². The van der Waals surface area contributed by atoms with Crippen LogP contribution in [0.3, 0.4) is 0 Å². The summed E-state index contributed by atoms with van der Waals surface area (Å²) >= 11 is 0. The first-order valence-corrected chi connectivity index (χ1v) is 6.65. The predicted molar refractivity (Wildman–Crippen MR) is 74.0 cm³/mol. The van der Waals surface area contributed by atoms with Gasteiger partial charge in [0.1, 0.15) is 6.10 Å². The second-order valence-corrected chi connectivity index (χ2v) is 4.78. The van der Waals surface area contributed by atoms with Gasteiger partial charge in [-0.25, -0.2) is 0 Å². The Morgan fingerprint density at radius 2 is 2.29 bits per heavy atom. The summed E-state index contributed by atoms with van der Waals surface area (Å²) in [6, 6.07) is 6.36. The summed E-state index contributed by atoms with van der Waals surface area (Å²) in [5, 5.41) is 7.61. The van der Waals surface area contributed by atoms with Gasteiger partial charge in [-0.3, -0.25) is 9.59 Å². The van der Waals surface area contributed by atoms with Gasteiger partial charge < -0.3 is 14.6 Å². The van der Waals surface area contributed by atoms with Gasteiger partial charge in [-0.05, 0) is 12.1 Å². The molecule has 3 rings (SSSR count). The van der Waals surface area contributed by atoms with Gasteiger partial charge in [0.25, 0.3) is 5.91 Å². The average molecular weight is 286 g/mol. The highest BCUT2D eigenvalue weighted by atomic mass is 16.5. The molecule has 108 valence electrons. The first-order chi connectivity index (χ1) is 10.2. The molecule has 0 saturated carbocycles. The van der Waals surface area contributed by atoms with Crippen LogP contribution in [0, 0.1) is 0 Å². The molecule has 21 heavy (non-hydrogen) atoms. The normalized spacial score (nSPS) is 17.7. The van der Waals surface area contributed by atoms with Gasteiger partial charge >= 0.3 is 0 Å². The number of hydrogen-bond acceptors (Lipinski definition) is 5. The molecule has 2 aromatic rings. The zero-order chi connectivity index (χ0) is 14.7. The predicted octanol–water partition coefficient (Wildman–Crippen LogP) is 0.458. The van der Waals surface area contributed by atoms with Crippen molar-refractivity contribution in [1.82, 2.24) is 20.1 Å². The lowest BCUT2D eigenvalue weighted by Gasteiger charge is -2.16. The van der Waals surface area contributed by atoms with Gasteiger partial charge in [-0.2, -0.15) is 5.10 Å². The Labute approximate surface area is 120 Å². The molecule has 1 aliphatic rings. The number of likely N-dealkylation sites (tertiary alicyclic amines) is 1. The number of nitrogens with zero attached hydrogens (tertiary/aromatic N) is 3. The van der Waals surface area contributed by atoms with Crippen molar-refractivity contribution in [1.29, 1.82) is 0 Å². The van der Waals surface area contributed by atoms with Crippen LogP contribution in [-0.4, -0.2) is 45.2 Å². The summed E-state index contributed by atoms with van der Waals surface area (Å²) in [4.78, 5) is 27.5. The third kappa shape index (κ3) is 3.07. The topological polar surface area (TPSA) is 88.2 Å². The Morgan fingerprint density at radius 3 is 3.00 bits per heavy atom. The van der Waals surface area contributed by atoms with Crippen LogP contribution in [0.1, 0.15) is 16.8 Å². The van der Waals surface area contributed by atoms with Crippen molar-refractivity contribution < 1.29 is 9.53 Å². The number of aromatic amines is 1. The number of carbonyl (C=O) groups is 1. The number of rotatable bonds is 3. The second kappa shape index (κ2) is 5.74. The van der Waals surface area contributed by atoms with Crippen LogP contribution in [0.5, 0.6) is 5.88 Å². The standard InChI is InChI=1S/C14H14N4O3/c19-12-4-3-10(8-15-12)14(20)18-7-5-11(9-18)21-13-2-1-6-16-17-13/h1-4,6,8,11H,5,7,9H2,(H,15,19)/t11-/m1/s1. The Hall–Kier alpha value is -2.70. The van der Waals surface area contributed by atoms with Crippen molar-refractivity contribution in [2.45, 2.75) is 12.5 Å². The third-order valence-corrected chi connectivity index (χ3v) is 3.30. The third-order valence-electron chi connectivity index (χ3n) is 3.30. The maximum absolute atomic E-state index is 12.3. The van der Waals surface area contributed by atoms with E-state index in [2.05, 4.69) is 15.2 Å². The van der Waals surface area contributed by atoms with Crippen LogP contribution < -0.4 is 10.3 Å². The van der Waals surface area contributed by atoms with Gasteiger partial charge in [0.2, 0.25) is 11.4 Å². The molecule has 0 unspecified atom stereocenters. The number of hydrogen-bond donors (Lipinski definition) is 1. The summed E-state index contributed by atoms with van der Waals surface area (Å²) < 4.78 is 5.69. The fraction of sp³-hybridized carbons (Fsp3) is 0.286. The first-order valence-electron chi connectivity index (χ1n) is 6.65. The Morgan fingerprint density at radius 1 is 1.38 bits per heavy atom. The molecule has 0 radical (unpaired) electrons. The maximum Gasteiger partial charge on any atom is 0.255 e. The highest BCUT2D eigenvalue weighted by Crippen LogP contribution is 2.17. The molecule has 1 aliphatic heterocycles. The van der Waals surface area contributed by atoms with Crippen LogP contribution in [0.2, 0.25) is 0 Å². The minimum atomic E-state index is -0.225. The molecule has 1 N–H and O–H groups in total. The number of pyridine rings is 1. The molecule has 7 nitrogen and oxygen atoms in total. The summed E-state index contributed by atoms with van der Waals surface area (Å²) in [6.45, 7) is 1.11. The monoisotopic (exact) mass is 286 g/mol. The molecule has 7 heteroatoms. The van der Waals surface area contributed by atoms with E-state index in [4.69, 9.17) is 4.74 Å². The number of nitrogens with one attached hydrogen (secondary N) is 1. The van der Waals surface area contributed by atoms with Crippen LogP contribution in [0.15, 0.2) is 41.5 Å². The van der Waals surface area contributed by atoms with E-state index >= 15 is 0 Å². The lowest BCUT2D eigenvalue weighted by molar-refractivity contribution is 0.0770. The SMILES string of the molecule is O=C(c1ccc(=O)[nH]c1)N1CC[C@@H](Oc2cccnn2)C1. The first kappa shape index (κ1) is 13.3. The van der Waals surface area contributed by atoms with Crippen molar-refractivity contribution in [3.8, 4) is 5.88 Å². The Balaban J connectivity index is 1.63. The van der Waals surface area contributed by atoms with Crippen molar-refractivity contribution in [2.75, 3.05) is 13.1 Å². The summed E-state index contributed by atoms with van der Waals surface area (Å²) in [6.07, 6.45) is 3.66. The zero-order valence-corrected chi connectivity index (χ0v) is 11.2. The molecule has 1 atom stereocenters. The lowest BCUT2D eigenvalue weighted by atomic mass is 10.2. The summed E-state index contributed by atoms with van der Waals surface area (Å²) in [7, 11) is 0. The highest BCUT2D eigenvalue weighted by Gasteiger charge is 2.28. The van der Waals surface area contributed by atoms with Crippen LogP contribution >= 0.6 is 0 Å². The quantitative estimate of drug-likeness (QED) is 0.885. The van der Waals surface area contributed by atoms with Crippen LogP contribution in [0.4, 0.5) is 0 Å². The highest BCUT2D eigenvalue weighted by molar-refractivity contribution is 5.94. The lowest BCUT2D eigenvalue weighted by Crippen LogP contribution is -2.31. The van der Waals surface area contributed by atoms with E-state index in [1.807, 2.05) is 0 Å². The van der Waals surface area contributed by atoms with E-state index in [9.17, 15) is 9.59 Å². The molecular formula is C14H14N4O3. The Bertz CT molecular complexity index is 666. The van der Waals surface area contributed by atoms with Gasteiger partial charge in [-0.1, -0.05) is 0 Å². The zero-order valence-electron chi connectivity index (χ0n) is 11.2. The Kier molecular flexibility index (Phi) is 3.63. The van der Waals surface area contributed by atoms with E-state index in [1.54, 1.807) is 23.2 Å². The van der Waals surface area contributed by atoms with Gasteiger partial charge in [-0.15, -0.1) is 5.10 Å². The minimum Gasteiger partial charge on any atom is -0.471 e. The largest absolute Gasteiger partial charge is 0.471 e. The van der Waals surface area contributed by atoms with E-state index in [1.165, 1.54) is 18.3 Å². The maximum atomic E-state index is 12.3. The smallest absolute Gasteiger partial charge is 0.255 e. The molecule has 1 amide bonds. The minimum absolute atomic E-state index is 0.0894. The molecule has 0 aromatic carbocycles. The molecule has 1 saturated heterocycles. The van der Waals surface area contributed by atoms with E-state index < -0.39 is 0 Å². The number of ether oxygens (including phenoxy) is 1. The second-order valence-electron chi connectivity index (χ2n) is 4.78. The van der Waals surface area contributed by atoms with Crippen molar-refractivity contribution in [3.63, 3.8) is 0 Å². The van der Waals surface area contributed by atoms with Gasteiger partial charge in [0.05, 0.1) is 12.1 Å². The molecule has 0 spiro atoms. The van der Waals surface area contributed by atoms with Gasteiger partial charge in [0, 0.05) is 37.5 Å². The molecule has 0 bridgehead atoms. The summed E-state index contributed by atoms with van der Waals surface area (Å²) in [5.41, 5.74) is 0.242. The molecule has 1 fully saturated rings. The fourth-order valence-corrected chi connectivity index (χ4v) is 2.26. The van der Waals surface area contributed by atoms with E-state index in [0.717, 1.165) is 6.42 Å². The molecule has 3 heterocycles. The number of aromatic nitrogens is 3. The number of amides is 1. The van der Waals surface area contributed by atoms with Crippen molar-refractivity contribution >= 4 is 5.91 Å².